The zero-order valence-corrected chi connectivity index (χ0v) is 16.9. The molecule has 1 aliphatic heterocycles. The van der Waals surface area contributed by atoms with Gasteiger partial charge in [-0.15, -0.1) is 0 Å². The first-order valence-corrected chi connectivity index (χ1v) is 9.96. The van der Waals surface area contributed by atoms with E-state index in [4.69, 9.17) is 5.11 Å². The molecular weight excluding hydrogens is 423 g/mol. The number of rotatable bonds is 4. The molecule has 0 atom stereocenters. The highest BCUT2D eigenvalue weighted by molar-refractivity contribution is 5.94. The van der Waals surface area contributed by atoms with E-state index in [0.29, 0.717) is 11.6 Å². The Morgan fingerprint density at radius 3 is 2.00 bits per heavy atom. The van der Waals surface area contributed by atoms with Crippen molar-refractivity contribution in [2.24, 2.45) is 0 Å². The molecule has 1 saturated heterocycles. The normalized spacial score (nSPS) is 14.5. The van der Waals surface area contributed by atoms with Gasteiger partial charge in [0.15, 0.2) is 0 Å². The molecule has 166 valence electrons. The fourth-order valence-electron chi connectivity index (χ4n) is 3.79. The SMILES string of the molecule is O=C(O)c1ccc(N2CCN(C(=O)c3ccc(-n4cccc4)cc3)CC2)c(C(F)(F)F)c1. The number of piperazine rings is 1. The van der Waals surface area contributed by atoms with Gasteiger partial charge in [-0.05, 0) is 54.6 Å². The minimum Gasteiger partial charge on any atom is -0.478 e. The number of benzene rings is 2. The molecule has 9 heteroatoms. The van der Waals surface area contributed by atoms with Crippen molar-refractivity contribution >= 4 is 17.6 Å². The topological polar surface area (TPSA) is 65.8 Å². The molecule has 6 nitrogen and oxygen atoms in total. The zero-order chi connectivity index (χ0) is 22.9. The van der Waals surface area contributed by atoms with Crippen LogP contribution in [0.4, 0.5) is 18.9 Å². The Kier molecular flexibility index (Phi) is 5.65. The number of aromatic carboxylic acids is 1. The molecule has 0 unspecified atom stereocenters. The van der Waals surface area contributed by atoms with Gasteiger partial charge in [-0.3, -0.25) is 4.79 Å². The van der Waals surface area contributed by atoms with Crippen LogP contribution in [0.25, 0.3) is 5.69 Å². The maximum absolute atomic E-state index is 13.5. The highest BCUT2D eigenvalue weighted by Gasteiger charge is 2.36. The van der Waals surface area contributed by atoms with Gasteiger partial charge in [-0.1, -0.05) is 0 Å². The van der Waals surface area contributed by atoms with E-state index in [1.807, 2.05) is 41.2 Å². The first kappa shape index (κ1) is 21.5. The maximum Gasteiger partial charge on any atom is 0.418 e. The molecule has 3 aromatic rings. The van der Waals surface area contributed by atoms with E-state index >= 15 is 0 Å². The van der Waals surface area contributed by atoms with Crippen LogP contribution < -0.4 is 4.90 Å². The van der Waals surface area contributed by atoms with Crippen LogP contribution >= 0.6 is 0 Å². The Morgan fingerprint density at radius 2 is 1.44 bits per heavy atom. The second-order valence-electron chi connectivity index (χ2n) is 7.45. The second kappa shape index (κ2) is 8.41. The molecule has 32 heavy (non-hydrogen) atoms. The fourth-order valence-corrected chi connectivity index (χ4v) is 3.79. The van der Waals surface area contributed by atoms with E-state index in [1.165, 1.54) is 11.0 Å². The minimum atomic E-state index is -4.69. The number of carboxylic acids is 1. The lowest BCUT2D eigenvalue weighted by molar-refractivity contribution is -0.137. The third kappa shape index (κ3) is 4.32. The van der Waals surface area contributed by atoms with Gasteiger partial charge in [0, 0.05) is 55.5 Å². The van der Waals surface area contributed by atoms with Crippen molar-refractivity contribution in [2.45, 2.75) is 6.18 Å². The lowest BCUT2D eigenvalue weighted by Gasteiger charge is -2.37. The summed E-state index contributed by atoms with van der Waals surface area (Å²) in [5, 5.41) is 9.02. The van der Waals surface area contributed by atoms with E-state index in [1.54, 1.807) is 17.0 Å². The van der Waals surface area contributed by atoms with Gasteiger partial charge in [-0.25, -0.2) is 4.79 Å². The van der Waals surface area contributed by atoms with Gasteiger partial charge < -0.3 is 19.5 Å². The predicted molar refractivity (Wildman–Crippen MR) is 112 cm³/mol. The van der Waals surface area contributed by atoms with Crippen LogP contribution in [0, 0.1) is 0 Å². The zero-order valence-electron chi connectivity index (χ0n) is 16.9. The molecule has 0 spiro atoms. The smallest absolute Gasteiger partial charge is 0.418 e. The summed E-state index contributed by atoms with van der Waals surface area (Å²) >= 11 is 0. The largest absolute Gasteiger partial charge is 0.478 e. The van der Waals surface area contributed by atoms with Gasteiger partial charge in [0.1, 0.15) is 0 Å². The van der Waals surface area contributed by atoms with Crippen LogP contribution in [0.15, 0.2) is 67.0 Å². The predicted octanol–water partition coefficient (Wildman–Crippen LogP) is 4.16. The molecule has 2 heterocycles. The summed E-state index contributed by atoms with van der Waals surface area (Å²) in [6, 6.07) is 13.9. The van der Waals surface area contributed by atoms with Crippen LogP contribution in [-0.2, 0) is 6.18 Å². The molecule has 1 fully saturated rings. The molecule has 0 bridgehead atoms. The van der Waals surface area contributed by atoms with Crippen molar-refractivity contribution in [1.29, 1.82) is 0 Å². The average molecular weight is 443 g/mol. The molecule has 4 rings (SSSR count). The number of amides is 1. The number of aromatic nitrogens is 1. The van der Waals surface area contributed by atoms with Crippen molar-refractivity contribution in [2.75, 3.05) is 31.1 Å². The maximum atomic E-state index is 13.5. The molecule has 1 amide bonds. The van der Waals surface area contributed by atoms with Crippen LogP contribution in [-0.4, -0.2) is 52.6 Å². The minimum absolute atomic E-state index is 0.0781. The van der Waals surface area contributed by atoms with E-state index in [-0.39, 0.29) is 37.8 Å². The number of hydrogen-bond acceptors (Lipinski definition) is 3. The number of hydrogen-bond donors (Lipinski definition) is 1. The molecule has 1 aromatic heterocycles. The number of anilines is 1. The van der Waals surface area contributed by atoms with E-state index in [2.05, 4.69) is 0 Å². The van der Waals surface area contributed by atoms with Gasteiger partial charge >= 0.3 is 12.1 Å². The lowest BCUT2D eigenvalue weighted by Crippen LogP contribution is -2.49. The van der Waals surface area contributed by atoms with Crippen molar-refractivity contribution in [3.63, 3.8) is 0 Å². The highest BCUT2D eigenvalue weighted by atomic mass is 19.4. The van der Waals surface area contributed by atoms with Gasteiger partial charge in [0.05, 0.1) is 11.1 Å². The number of carboxylic acid groups (broad SMARTS) is 1. The molecule has 0 aliphatic carbocycles. The van der Waals surface area contributed by atoms with Gasteiger partial charge in [0.25, 0.3) is 5.91 Å². The van der Waals surface area contributed by atoms with Crippen LogP contribution in [0.3, 0.4) is 0 Å². The number of halogens is 3. The van der Waals surface area contributed by atoms with Crippen molar-refractivity contribution in [3.8, 4) is 5.69 Å². The van der Waals surface area contributed by atoms with Gasteiger partial charge in [-0.2, -0.15) is 13.2 Å². The van der Waals surface area contributed by atoms with Gasteiger partial charge in [0.2, 0.25) is 0 Å². The standard InChI is InChI=1S/C23H20F3N3O3/c24-23(25,26)19-15-17(22(31)32)5-8-20(19)28-11-13-29(14-12-28)21(30)16-3-6-18(7-4-16)27-9-1-2-10-27/h1-10,15H,11-14H2,(H,31,32). The average Bonchev–Trinajstić information content (AvgIpc) is 3.33. The Bertz CT molecular complexity index is 1120. The monoisotopic (exact) mass is 443 g/mol. The van der Waals surface area contributed by atoms with E-state index in [9.17, 15) is 22.8 Å². The molecule has 0 radical (unpaired) electrons. The third-order valence-corrected chi connectivity index (χ3v) is 5.47. The van der Waals surface area contributed by atoms with E-state index < -0.39 is 23.3 Å². The van der Waals surface area contributed by atoms with Crippen molar-refractivity contribution in [1.82, 2.24) is 9.47 Å². The number of nitrogens with zero attached hydrogens (tertiary/aromatic N) is 3. The Morgan fingerprint density at radius 1 is 0.844 bits per heavy atom. The lowest BCUT2D eigenvalue weighted by atomic mass is 10.1. The molecule has 1 aliphatic rings. The highest BCUT2D eigenvalue weighted by Crippen LogP contribution is 2.37. The first-order valence-electron chi connectivity index (χ1n) is 9.96. The molecular formula is C23H20F3N3O3. The van der Waals surface area contributed by atoms with Crippen molar-refractivity contribution < 1.29 is 27.9 Å². The Hall–Kier alpha value is -3.75. The van der Waals surface area contributed by atoms with Crippen molar-refractivity contribution in [3.05, 3.63) is 83.7 Å². The quantitative estimate of drug-likeness (QED) is 0.658. The number of carbonyl (C=O) groups excluding carboxylic acids is 1. The molecule has 1 N–H and O–H groups in total. The van der Waals surface area contributed by atoms with Crippen LogP contribution in [0.5, 0.6) is 0 Å². The Labute approximate surface area is 182 Å². The summed E-state index contributed by atoms with van der Waals surface area (Å²) in [5.41, 5.74) is -0.0568. The summed E-state index contributed by atoms with van der Waals surface area (Å²) in [7, 11) is 0. The summed E-state index contributed by atoms with van der Waals surface area (Å²) in [5.74, 6) is -1.60. The first-order chi connectivity index (χ1) is 15.2. The second-order valence-corrected chi connectivity index (χ2v) is 7.45. The number of carbonyl (C=O) groups is 2. The molecule has 0 saturated carbocycles. The Balaban J connectivity index is 1.46. The van der Waals surface area contributed by atoms with Crippen LogP contribution in [0.1, 0.15) is 26.3 Å². The fraction of sp³-hybridized carbons (Fsp3) is 0.217. The third-order valence-electron chi connectivity index (χ3n) is 5.47. The summed E-state index contributed by atoms with van der Waals surface area (Å²) in [6.07, 6.45) is -0.891. The molecule has 2 aromatic carbocycles. The van der Waals surface area contributed by atoms with Crippen LogP contribution in [0.2, 0.25) is 0 Å². The summed E-state index contributed by atoms with van der Waals surface area (Å²) in [6.45, 7) is 0.942. The number of alkyl halides is 3. The van der Waals surface area contributed by atoms with E-state index in [0.717, 1.165) is 11.8 Å². The summed E-state index contributed by atoms with van der Waals surface area (Å²) in [4.78, 5) is 27.1. The summed E-state index contributed by atoms with van der Waals surface area (Å²) < 4.78 is 42.5.